The van der Waals surface area contributed by atoms with Crippen molar-refractivity contribution >= 4 is 0 Å². The van der Waals surface area contributed by atoms with Crippen LogP contribution in [-0.4, -0.2) is 24.5 Å². The molecule has 0 spiro atoms. The largest absolute Gasteiger partial charge is 0.303 e. The molecule has 0 saturated carbocycles. The Hall–Kier alpha value is -0.820. The van der Waals surface area contributed by atoms with Gasteiger partial charge in [0.15, 0.2) is 0 Å². The van der Waals surface area contributed by atoms with Crippen LogP contribution in [0.5, 0.6) is 0 Å². The van der Waals surface area contributed by atoms with Crippen LogP contribution in [0.15, 0.2) is 37.0 Å². The van der Waals surface area contributed by atoms with Gasteiger partial charge in [0, 0.05) is 0 Å². The van der Waals surface area contributed by atoms with Gasteiger partial charge in [-0.25, -0.2) is 0 Å². The summed E-state index contributed by atoms with van der Waals surface area (Å²) < 4.78 is 0. The van der Waals surface area contributed by atoms with E-state index < -0.39 is 0 Å². The second kappa shape index (κ2) is 6.61. The lowest BCUT2D eigenvalue weighted by atomic mass is 10.1. The molecule has 0 N–H and O–H groups in total. The summed E-state index contributed by atoms with van der Waals surface area (Å²) in [4.78, 5) is 2.55. The minimum Gasteiger partial charge on any atom is -0.303 e. The predicted molar refractivity (Wildman–Crippen MR) is 63.4 cm³/mol. The monoisotopic (exact) mass is 191 g/mol. The Bertz CT molecular complexity index is 209. The predicted octanol–water partition coefficient (Wildman–Crippen LogP) is 3.16. The highest BCUT2D eigenvalue weighted by Gasteiger charge is 2.09. The van der Waals surface area contributed by atoms with E-state index in [0.717, 1.165) is 6.42 Å². The summed E-state index contributed by atoms with van der Waals surface area (Å²) in [6.45, 7) is 11.3. The van der Waals surface area contributed by atoms with Crippen LogP contribution in [0.1, 0.15) is 25.7 Å². The summed E-state index contributed by atoms with van der Waals surface area (Å²) in [7, 11) is 0. The number of allylic oxidation sites excluding steroid dienone is 4. The molecule has 78 valence electrons. The van der Waals surface area contributed by atoms with Gasteiger partial charge in [0.1, 0.15) is 0 Å². The third kappa shape index (κ3) is 3.93. The molecule has 0 aromatic heterocycles. The van der Waals surface area contributed by atoms with E-state index in [0.29, 0.717) is 0 Å². The van der Waals surface area contributed by atoms with Gasteiger partial charge in [0.25, 0.3) is 0 Å². The van der Waals surface area contributed by atoms with E-state index in [-0.39, 0.29) is 0 Å². The fraction of sp³-hybridized carbons (Fsp3) is 0.538. The molecule has 0 radical (unpaired) electrons. The van der Waals surface area contributed by atoms with Gasteiger partial charge in [-0.15, -0.1) is 0 Å². The summed E-state index contributed by atoms with van der Waals surface area (Å²) in [6.07, 6.45) is 11.0. The zero-order valence-electron chi connectivity index (χ0n) is 9.04. The van der Waals surface area contributed by atoms with Crippen LogP contribution in [0, 0.1) is 0 Å². The van der Waals surface area contributed by atoms with Crippen LogP contribution in [0.3, 0.4) is 0 Å². The maximum Gasteiger partial charge on any atom is -0.00156 e. The molecule has 1 aliphatic rings. The van der Waals surface area contributed by atoms with E-state index in [1.54, 1.807) is 0 Å². The number of hydrogen-bond acceptors (Lipinski definition) is 1. The Balaban J connectivity index is 2.15. The Labute approximate surface area is 87.8 Å². The first kappa shape index (κ1) is 11.3. The summed E-state index contributed by atoms with van der Waals surface area (Å²) in [6, 6.07) is 0. The van der Waals surface area contributed by atoms with E-state index in [1.807, 2.05) is 12.2 Å². The summed E-state index contributed by atoms with van der Waals surface area (Å²) in [5, 5.41) is 0. The molecular weight excluding hydrogens is 170 g/mol. The first-order chi connectivity index (χ1) is 6.86. The van der Waals surface area contributed by atoms with Gasteiger partial charge in [-0.2, -0.15) is 0 Å². The van der Waals surface area contributed by atoms with Crippen LogP contribution in [0.4, 0.5) is 0 Å². The van der Waals surface area contributed by atoms with E-state index in [1.165, 1.54) is 44.5 Å². The molecule has 0 aromatic carbocycles. The highest BCUT2D eigenvalue weighted by molar-refractivity contribution is 5.20. The van der Waals surface area contributed by atoms with E-state index in [4.69, 9.17) is 0 Å². The van der Waals surface area contributed by atoms with Crippen molar-refractivity contribution in [1.82, 2.24) is 4.90 Å². The van der Waals surface area contributed by atoms with Gasteiger partial charge in [-0.1, -0.05) is 31.4 Å². The maximum absolute atomic E-state index is 3.80. The van der Waals surface area contributed by atoms with Gasteiger partial charge in [0.05, 0.1) is 0 Å². The number of likely N-dealkylation sites (tertiary alicyclic amines) is 1. The standard InChI is InChI=1S/C13H21N/c1-3-8-13(4-2)9-7-12-14-10-5-6-11-14/h3-4,8H,1-2,5-7,9-12H2/b13-8+. The lowest BCUT2D eigenvalue weighted by molar-refractivity contribution is 0.334. The Morgan fingerprint density at radius 2 is 1.93 bits per heavy atom. The van der Waals surface area contributed by atoms with Crippen molar-refractivity contribution in [2.24, 2.45) is 0 Å². The third-order valence-electron chi connectivity index (χ3n) is 2.73. The van der Waals surface area contributed by atoms with Crippen LogP contribution in [-0.2, 0) is 0 Å². The smallest absolute Gasteiger partial charge is 0.00156 e. The molecule has 0 bridgehead atoms. The normalized spacial score (nSPS) is 18.4. The highest BCUT2D eigenvalue weighted by atomic mass is 15.1. The fourth-order valence-electron chi connectivity index (χ4n) is 1.92. The van der Waals surface area contributed by atoms with E-state index >= 15 is 0 Å². The maximum atomic E-state index is 3.80. The van der Waals surface area contributed by atoms with Crippen LogP contribution in [0.2, 0.25) is 0 Å². The molecule has 0 aliphatic carbocycles. The fourth-order valence-corrected chi connectivity index (χ4v) is 1.92. The Morgan fingerprint density at radius 3 is 2.50 bits per heavy atom. The minimum absolute atomic E-state index is 1.13. The minimum atomic E-state index is 1.13. The molecule has 0 atom stereocenters. The number of rotatable bonds is 6. The van der Waals surface area contributed by atoms with Crippen molar-refractivity contribution in [3.8, 4) is 0 Å². The summed E-state index contributed by atoms with van der Waals surface area (Å²) in [5.41, 5.74) is 1.30. The van der Waals surface area contributed by atoms with Crippen LogP contribution < -0.4 is 0 Å². The second-order valence-electron chi connectivity index (χ2n) is 3.83. The van der Waals surface area contributed by atoms with Gasteiger partial charge < -0.3 is 4.90 Å². The SMILES string of the molecule is C=C/C=C(\C=C)CCCN1CCCC1. The Kier molecular flexibility index (Phi) is 5.31. The second-order valence-corrected chi connectivity index (χ2v) is 3.83. The topological polar surface area (TPSA) is 3.24 Å². The van der Waals surface area contributed by atoms with Crippen molar-refractivity contribution in [2.45, 2.75) is 25.7 Å². The number of nitrogens with zero attached hydrogens (tertiary/aromatic N) is 1. The molecule has 1 saturated heterocycles. The average Bonchev–Trinajstić information content (AvgIpc) is 2.69. The first-order valence-electron chi connectivity index (χ1n) is 5.53. The molecule has 1 fully saturated rings. The summed E-state index contributed by atoms with van der Waals surface area (Å²) in [5.74, 6) is 0. The molecular formula is C13H21N. The zero-order valence-corrected chi connectivity index (χ0v) is 9.04. The molecule has 14 heavy (non-hydrogen) atoms. The zero-order chi connectivity index (χ0) is 10.2. The Morgan fingerprint density at radius 1 is 1.21 bits per heavy atom. The lowest BCUT2D eigenvalue weighted by Crippen LogP contribution is -2.20. The molecule has 0 aromatic rings. The molecule has 0 amide bonds. The van der Waals surface area contributed by atoms with Crippen molar-refractivity contribution in [1.29, 1.82) is 0 Å². The van der Waals surface area contributed by atoms with Gasteiger partial charge >= 0.3 is 0 Å². The molecule has 1 heterocycles. The van der Waals surface area contributed by atoms with Crippen LogP contribution >= 0.6 is 0 Å². The molecule has 1 aliphatic heterocycles. The molecule has 1 nitrogen and oxygen atoms in total. The quantitative estimate of drug-likeness (QED) is 0.583. The summed E-state index contributed by atoms with van der Waals surface area (Å²) >= 11 is 0. The molecule has 1 heteroatoms. The lowest BCUT2D eigenvalue weighted by Gasteiger charge is -2.13. The van der Waals surface area contributed by atoms with Crippen molar-refractivity contribution in [3.63, 3.8) is 0 Å². The van der Waals surface area contributed by atoms with Crippen molar-refractivity contribution < 1.29 is 0 Å². The van der Waals surface area contributed by atoms with Gasteiger partial charge in [-0.05, 0) is 50.9 Å². The van der Waals surface area contributed by atoms with E-state index in [2.05, 4.69) is 24.1 Å². The average molecular weight is 191 g/mol. The highest BCUT2D eigenvalue weighted by Crippen LogP contribution is 2.11. The third-order valence-corrected chi connectivity index (χ3v) is 2.73. The van der Waals surface area contributed by atoms with Gasteiger partial charge in [-0.3, -0.25) is 0 Å². The first-order valence-corrected chi connectivity index (χ1v) is 5.53. The molecule has 0 unspecified atom stereocenters. The van der Waals surface area contributed by atoms with Crippen molar-refractivity contribution in [2.75, 3.05) is 19.6 Å². The number of hydrogen-bond donors (Lipinski definition) is 0. The van der Waals surface area contributed by atoms with Gasteiger partial charge in [0.2, 0.25) is 0 Å². The van der Waals surface area contributed by atoms with E-state index in [9.17, 15) is 0 Å². The van der Waals surface area contributed by atoms with Crippen molar-refractivity contribution in [3.05, 3.63) is 37.0 Å². The van der Waals surface area contributed by atoms with Crippen LogP contribution in [0.25, 0.3) is 0 Å². The molecule has 1 rings (SSSR count).